The Kier molecular flexibility index (Phi) is 5.44. The summed E-state index contributed by atoms with van der Waals surface area (Å²) in [4.78, 5) is 26.9. The van der Waals surface area contributed by atoms with Gasteiger partial charge in [-0.25, -0.2) is 0 Å². The van der Waals surface area contributed by atoms with Gasteiger partial charge in [0.2, 0.25) is 0 Å². The van der Waals surface area contributed by atoms with Crippen molar-refractivity contribution in [3.8, 4) is 0 Å². The van der Waals surface area contributed by atoms with Crippen molar-refractivity contribution in [3.63, 3.8) is 0 Å². The first-order valence-electron chi connectivity index (χ1n) is 8.41. The van der Waals surface area contributed by atoms with Gasteiger partial charge in [-0.1, -0.05) is 60.7 Å². The second-order valence-electron chi connectivity index (χ2n) is 5.92. The molecule has 3 aromatic rings. The van der Waals surface area contributed by atoms with Crippen LogP contribution in [0.3, 0.4) is 0 Å². The number of carbonyl (C=O) groups excluding carboxylic acids is 2. The lowest BCUT2D eigenvalue weighted by molar-refractivity contribution is 0.0951. The predicted molar refractivity (Wildman–Crippen MR) is 103 cm³/mol. The first kappa shape index (κ1) is 17.4. The van der Waals surface area contributed by atoms with Gasteiger partial charge in [-0.15, -0.1) is 0 Å². The molecule has 3 rings (SSSR count). The SMILES string of the molecule is CN(C(=O)c1ccccc1)c1ccccc1C(=O)NCc1ccccc1. The van der Waals surface area contributed by atoms with Gasteiger partial charge in [0, 0.05) is 19.2 Å². The third-order valence-electron chi connectivity index (χ3n) is 4.13. The fourth-order valence-corrected chi connectivity index (χ4v) is 2.72. The zero-order valence-electron chi connectivity index (χ0n) is 14.6. The summed E-state index contributed by atoms with van der Waals surface area (Å²) in [5.41, 5.74) is 2.64. The second kappa shape index (κ2) is 8.12. The van der Waals surface area contributed by atoms with E-state index >= 15 is 0 Å². The van der Waals surface area contributed by atoms with Gasteiger partial charge in [0.1, 0.15) is 0 Å². The number of anilines is 1. The highest BCUT2D eigenvalue weighted by atomic mass is 16.2. The van der Waals surface area contributed by atoms with Gasteiger partial charge >= 0.3 is 0 Å². The van der Waals surface area contributed by atoms with Crippen LogP contribution in [0.15, 0.2) is 84.9 Å². The molecule has 0 unspecified atom stereocenters. The molecule has 0 atom stereocenters. The molecule has 0 saturated heterocycles. The van der Waals surface area contributed by atoms with Crippen molar-refractivity contribution in [1.82, 2.24) is 5.32 Å². The van der Waals surface area contributed by atoms with Crippen LogP contribution in [0.2, 0.25) is 0 Å². The fraction of sp³-hybridized carbons (Fsp3) is 0.0909. The molecule has 0 radical (unpaired) electrons. The standard InChI is InChI=1S/C22H20N2O2/c1-24(22(26)18-12-6-3-7-13-18)20-15-9-8-14-19(20)21(25)23-16-17-10-4-2-5-11-17/h2-15H,16H2,1H3,(H,23,25). The molecule has 0 aliphatic rings. The van der Waals surface area contributed by atoms with Crippen LogP contribution in [0.25, 0.3) is 0 Å². The number of hydrogen-bond donors (Lipinski definition) is 1. The smallest absolute Gasteiger partial charge is 0.258 e. The van der Waals surface area contributed by atoms with E-state index in [1.165, 1.54) is 4.90 Å². The highest BCUT2D eigenvalue weighted by molar-refractivity contribution is 6.10. The van der Waals surface area contributed by atoms with Crippen LogP contribution < -0.4 is 10.2 Å². The number of amides is 2. The molecule has 2 amide bonds. The number of nitrogens with one attached hydrogen (secondary N) is 1. The van der Waals surface area contributed by atoms with E-state index in [9.17, 15) is 9.59 Å². The average molecular weight is 344 g/mol. The predicted octanol–water partition coefficient (Wildman–Crippen LogP) is 3.89. The summed E-state index contributed by atoms with van der Waals surface area (Å²) in [6.45, 7) is 0.435. The Hall–Kier alpha value is -3.40. The highest BCUT2D eigenvalue weighted by Crippen LogP contribution is 2.21. The molecule has 0 aliphatic carbocycles. The number of nitrogens with zero attached hydrogens (tertiary/aromatic N) is 1. The van der Waals surface area contributed by atoms with Crippen LogP contribution in [0.4, 0.5) is 5.69 Å². The first-order chi connectivity index (χ1) is 12.7. The average Bonchev–Trinajstić information content (AvgIpc) is 2.72. The molecule has 0 saturated carbocycles. The second-order valence-corrected chi connectivity index (χ2v) is 5.92. The Bertz CT molecular complexity index is 892. The van der Waals surface area contributed by atoms with Gasteiger partial charge in [-0.3, -0.25) is 9.59 Å². The minimum absolute atomic E-state index is 0.158. The minimum Gasteiger partial charge on any atom is -0.348 e. The molecule has 26 heavy (non-hydrogen) atoms. The normalized spacial score (nSPS) is 10.2. The van der Waals surface area contributed by atoms with E-state index in [1.807, 2.05) is 54.6 Å². The Morgan fingerprint density at radius 2 is 1.38 bits per heavy atom. The third-order valence-corrected chi connectivity index (χ3v) is 4.13. The first-order valence-corrected chi connectivity index (χ1v) is 8.41. The summed E-state index contributed by atoms with van der Waals surface area (Å²) in [6, 6.07) is 25.8. The van der Waals surface area contributed by atoms with Gasteiger partial charge in [0.25, 0.3) is 11.8 Å². The zero-order chi connectivity index (χ0) is 18.4. The minimum atomic E-state index is -0.211. The molecule has 0 spiro atoms. The highest BCUT2D eigenvalue weighted by Gasteiger charge is 2.19. The number of rotatable bonds is 5. The van der Waals surface area contributed by atoms with Crippen molar-refractivity contribution in [2.24, 2.45) is 0 Å². The maximum atomic E-state index is 12.7. The van der Waals surface area contributed by atoms with Gasteiger partial charge in [-0.2, -0.15) is 0 Å². The molecule has 3 aromatic carbocycles. The molecule has 0 fully saturated rings. The lowest BCUT2D eigenvalue weighted by Crippen LogP contribution is -2.30. The third kappa shape index (κ3) is 3.98. The van der Waals surface area contributed by atoms with Crippen LogP contribution in [-0.2, 0) is 6.54 Å². The van der Waals surface area contributed by atoms with E-state index in [0.29, 0.717) is 23.4 Å². The van der Waals surface area contributed by atoms with Crippen LogP contribution in [0.5, 0.6) is 0 Å². The molecular weight excluding hydrogens is 324 g/mol. The fourth-order valence-electron chi connectivity index (χ4n) is 2.72. The quantitative estimate of drug-likeness (QED) is 0.763. The molecule has 1 N–H and O–H groups in total. The van der Waals surface area contributed by atoms with E-state index in [-0.39, 0.29) is 11.8 Å². The molecule has 0 heterocycles. The van der Waals surface area contributed by atoms with E-state index in [2.05, 4.69) is 5.32 Å². The van der Waals surface area contributed by atoms with Gasteiger partial charge < -0.3 is 10.2 Å². The molecule has 130 valence electrons. The molecule has 0 bridgehead atoms. The van der Waals surface area contributed by atoms with Crippen molar-refractivity contribution < 1.29 is 9.59 Å². The van der Waals surface area contributed by atoms with E-state index in [1.54, 1.807) is 37.4 Å². The van der Waals surface area contributed by atoms with Crippen molar-refractivity contribution >= 4 is 17.5 Å². The summed E-state index contributed by atoms with van der Waals surface area (Å²) in [7, 11) is 1.68. The Balaban J connectivity index is 1.79. The van der Waals surface area contributed by atoms with Gasteiger partial charge in [-0.05, 0) is 29.8 Å². The molecule has 0 aliphatic heterocycles. The van der Waals surface area contributed by atoms with Crippen LogP contribution in [0, 0.1) is 0 Å². The maximum Gasteiger partial charge on any atom is 0.258 e. The summed E-state index contributed by atoms with van der Waals surface area (Å²) < 4.78 is 0. The lowest BCUT2D eigenvalue weighted by Gasteiger charge is -2.20. The van der Waals surface area contributed by atoms with E-state index < -0.39 is 0 Å². The summed E-state index contributed by atoms with van der Waals surface area (Å²) >= 11 is 0. The van der Waals surface area contributed by atoms with Crippen molar-refractivity contribution in [2.75, 3.05) is 11.9 Å². The Morgan fingerprint density at radius 3 is 2.08 bits per heavy atom. The molecule has 4 nitrogen and oxygen atoms in total. The summed E-state index contributed by atoms with van der Waals surface area (Å²) in [6.07, 6.45) is 0. The largest absolute Gasteiger partial charge is 0.348 e. The van der Waals surface area contributed by atoms with E-state index in [4.69, 9.17) is 0 Å². The summed E-state index contributed by atoms with van der Waals surface area (Å²) in [5.74, 6) is -0.369. The monoisotopic (exact) mass is 344 g/mol. The van der Waals surface area contributed by atoms with Gasteiger partial charge in [0.05, 0.1) is 11.3 Å². The van der Waals surface area contributed by atoms with Crippen molar-refractivity contribution in [2.45, 2.75) is 6.54 Å². The molecular formula is C22H20N2O2. The molecule has 0 aromatic heterocycles. The number of para-hydroxylation sites is 1. The number of benzene rings is 3. The Morgan fingerprint density at radius 1 is 0.808 bits per heavy atom. The summed E-state index contributed by atoms with van der Waals surface area (Å²) in [5, 5.41) is 2.91. The lowest BCUT2D eigenvalue weighted by atomic mass is 10.1. The zero-order valence-corrected chi connectivity index (χ0v) is 14.6. The van der Waals surface area contributed by atoms with Crippen LogP contribution in [-0.4, -0.2) is 18.9 Å². The maximum absolute atomic E-state index is 12.7. The molecule has 4 heteroatoms. The number of carbonyl (C=O) groups is 2. The van der Waals surface area contributed by atoms with Crippen molar-refractivity contribution in [1.29, 1.82) is 0 Å². The Labute approximate surface area is 153 Å². The van der Waals surface area contributed by atoms with E-state index in [0.717, 1.165) is 5.56 Å². The van der Waals surface area contributed by atoms with Crippen LogP contribution >= 0.6 is 0 Å². The van der Waals surface area contributed by atoms with Gasteiger partial charge in [0.15, 0.2) is 0 Å². The van der Waals surface area contributed by atoms with Crippen molar-refractivity contribution in [3.05, 3.63) is 102 Å². The topological polar surface area (TPSA) is 49.4 Å². The van der Waals surface area contributed by atoms with Crippen LogP contribution in [0.1, 0.15) is 26.3 Å². The number of hydrogen-bond acceptors (Lipinski definition) is 2.